The van der Waals surface area contributed by atoms with Crippen molar-refractivity contribution in [2.45, 2.75) is 13.3 Å². The first-order valence-corrected chi connectivity index (χ1v) is 4.37. The molecular weight excluding hydrogens is 190 g/mol. The maximum Gasteiger partial charge on any atom is 0.290 e. The lowest BCUT2D eigenvalue weighted by Crippen LogP contribution is -1.84. The van der Waals surface area contributed by atoms with Crippen LogP contribution in [0.1, 0.15) is 12.5 Å². The van der Waals surface area contributed by atoms with Crippen molar-refractivity contribution in [2.24, 2.45) is 0 Å². The van der Waals surface area contributed by atoms with E-state index in [1.54, 1.807) is 0 Å². The molecule has 0 amide bonds. The first-order valence-electron chi connectivity index (χ1n) is 4.37. The predicted octanol–water partition coefficient (Wildman–Crippen LogP) is 2.49. The van der Waals surface area contributed by atoms with Gasteiger partial charge in [0.1, 0.15) is 0 Å². The standard InChI is InChI=1S/C8H11N.C3H4.CH2O2/c1-2-7-3-5-8(9)6-4-7;1-3-2;2-1-3/h3-6H,2,9H2,1H3;1-2H2;1H,(H,2,3). The summed E-state index contributed by atoms with van der Waals surface area (Å²) in [5.74, 6) is 0. The lowest BCUT2D eigenvalue weighted by Gasteiger charge is -1.94. The third-order valence-electron chi connectivity index (χ3n) is 1.39. The number of nitrogen functional groups attached to an aromatic ring is 1. The molecule has 0 aromatic heterocycles. The van der Waals surface area contributed by atoms with Crippen molar-refractivity contribution in [3.8, 4) is 0 Å². The van der Waals surface area contributed by atoms with Gasteiger partial charge in [-0.15, -0.1) is 5.73 Å². The molecule has 82 valence electrons. The minimum Gasteiger partial charge on any atom is -0.483 e. The molecule has 0 aliphatic rings. The summed E-state index contributed by atoms with van der Waals surface area (Å²) in [6.45, 7) is 8.13. The van der Waals surface area contributed by atoms with Crippen LogP contribution in [0.15, 0.2) is 43.2 Å². The minimum absolute atomic E-state index is 0.250. The summed E-state index contributed by atoms with van der Waals surface area (Å²) in [6.07, 6.45) is 1.08. The monoisotopic (exact) mass is 207 g/mol. The number of hydrogen-bond donors (Lipinski definition) is 2. The van der Waals surface area contributed by atoms with Crippen LogP contribution in [0, 0.1) is 0 Å². The van der Waals surface area contributed by atoms with Crippen molar-refractivity contribution in [3.63, 3.8) is 0 Å². The third kappa shape index (κ3) is 12.0. The zero-order valence-electron chi connectivity index (χ0n) is 8.94. The molecule has 0 saturated carbocycles. The van der Waals surface area contributed by atoms with E-state index in [1.165, 1.54) is 5.56 Å². The topological polar surface area (TPSA) is 63.3 Å². The Morgan fingerprint density at radius 3 is 2.00 bits per heavy atom. The molecule has 1 aromatic rings. The maximum absolute atomic E-state index is 8.36. The Morgan fingerprint density at radius 1 is 1.40 bits per heavy atom. The largest absolute Gasteiger partial charge is 0.483 e. The molecule has 1 rings (SSSR count). The smallest absolute Gasteiger partial charge is 0.290 e. The van der Waals surface area contributed by atoms with Crippen LogP contribution in [0.2, 0.25) is 0 Å². The first kappa shape index (κ1) is 15.5. The molecule has 15 heavy (non-hydrogen) atoms. The molecule has 0 spiro atoms. The molecular formula is C12H17NO2. The number of rotatable bonds is 1. The number of anilines is 1. The van der Waals surface area contributed by atoms with E-state index in [0.29, 0.717) is 0 Å². The number of carboxylic acid groups (broad SMARTS) is 1. The molecule has 3 nitrogen and oxygen atoms in total. The van der Waals surface area contributed by atoms with E-state index >= 15 is 0 Å². The summed E-state index contributed by atoms with van der Waals surface area (Å²) in [6, 6.07) is 7.96. The first-order chi connectivity index (χ1) is 7.15. The van der Waals surface area contributed by atoms with E-state index < -0.39 is 0 Å². The molecule has 0 aliphatic carbocycles. The highest BCUT2D eigenvalue weighted by atomic mass is 16.3. The van der Waals surface area contributed by atoms with Crippen LogP contribution in [0.3, 0.4) is 0 Å². The SMILES string of the molecule is C=C=C.CCc1ccc(N)cc1.O=CO. The zero-order chi connectivity index (χ0) is 12.1. The molecule has 1 aromatic carbocycles. The van der Waals surface area contributed by atoms with Gasteiger partial charge < -0.3 is 10.8 Å². The molecule has 0 saturated heterocycles. The maximum atomic E-state index is 8.36. The van der Waals surface area contributed by atoms with Gasteiger partial charge in [0.2, 0.25) is 0 Å². The summed E-state index contributed by atoms with van der Waals surface area (Å²) in [4.78, 5) is 8.36. The summed E-state index contributed by atoms with van der Waals surface area (Å²) >= 11 is 0. The second-order valence-electron chi connectivity index (χ2n) is 2.45. The Hall–Kier alpha value is -1.99. The Kier molecular flexibility index (Phi) is 12.4. The molecule has 0 fully saturated rings. The fraction of sp³-hybridized carbons (Fsp3) is 0.167. The summed E-state index contributed by atoms with van der Waals surface area (Å²) < 4.78 is 0. The Balaban J connectivity index is 0. The number of nitrogens with two attached hydrogens (primary N) is 1. The number of aryl methyl sites for hydroxylation is 1. The van der Waals surface area contributed by atoms with E-state index in [4.69, 9.17) is 15.6 Å². The van der Waals surface area contributed by atoms with Gasteiger partial charge in [0.05, 0.1) is 0 Å². The molecule has 0 radical (unpaired) electrons. The van der Waals surface area contributed by atoms with Gasteiger partial charge in [-0.25, -0.2) is 0 Å². The highest BCUT2D eigenvalue weighted by Gasteiger charge is 1.85. The van der Waals surface area contributed by atoms with Gasteiger partial charge in [-0.05, 0) is 24.1 Å². The van der Waals surface area contributed by atoms with Crippen LogP contribution >= 0.6 is 0 Å². The van der Waals surface area contributed by atoms with Gasteiger partial charge >= 0.3 is 0 Å². The average molecular weight is 207 g/mol. The van der Waals surface area contributed by atoms with Crippen molar-refractivity contribution in [1.82, 2.24) is 0 Å². The molecule has 0 aliphatic heterocycles. The Labute approximate surface area is 90.5 Å². The van der Waals surface area contributed by atoms with Crippen molar-refractivity contribution >= 4 is 12.2 Å². The summed E-state index contributed by atoms with van der Waals surface area (Å²) in [5, 5.41) is 6.89. The molecule has 0 heterocycles. The summed E-state index contributed by atoms with van der Waals surface area (Å²) in [5.41, 5.74) is 9.91. The van der Waals surface area contributed by atoms with Crippen molar-refractivity contribution in [3.05, 3.63) is 48.7 Å². The fourth-order valence-corrected chi connectivity index (χ4v) is 0.753. The molecule has 3 heteroatoms. The van der Waals surface area contributed by atoms with Crippen LogP contribution in [-0.4, -0.2) is 11.6 Å². The van der Waals surface area contributed by atoms with Gasteiger partial charge in [0.15, 0.2) is 0 Å². The third-order valence-corrected chi connectivity index (χ3v) is 1.39. The quantitative estimate of drug-likeness (QED) is 0.422. The lowest BCUT2D eigenvalue weighted by molar-refractivity contribution is -0.122. The van der Waals surface area contributed by atoms with Crippen LogP contribution in [0.5, 0.6) is 0 Å². The highest BCUT2D eigenvalue weighted by Crippen LogP contribution is 2.04. The Bertz CT molecular complexity index is 285. The van der Waals surface area contributed by atoms with Gasteiger partial charge in [-0.3, -0.25) is 4.79 Å². The molecule has 0 unspecified atom stereocenters. The van der Waals surface area contributed by atoms with E-state index in [1.807, 2.05) is 12.1 Å². The second kappa shape index (κ2) is 12.0. The van der Waals surface area contributed by atoms with Crippen LogP contribution < -0.4 is 5.73 Å². The number of hydrogen-bond acceptors (Lipinski definition) is 2. The van der Waals surface area contributed by atoms with Crippen LogP contribution in [0.25, 0.3) is 0 Å². The normalized spacial score (nSPS) is 7.00. The van der Waals surface area contributed by atoms with Gasteiger partial charge in [-0.1, -0.05) is 32.2 Å². The van der Waals surface area contributed by atoms with Crippen molar-refractivity contribution < 1.29 is 9.90 Å². The van der Waals surface area contributed by atoms with E-state index in [2.05, 4.69) is 37.9 Å². The lowest BCUT2D eigenvalue weighted by atomic mass is 10.2. The van der Waals surface area contributed by atoms with Gasteiger partial charge in [0.25, 0.3) is 6.47 Å². The number of benzene rings is 1. The van der Waals surface area contributed by atoms with Crippen molar-refractivity contribution in [1.29, 1.82) is 0 Å². The molecule has 0 atom stereocenters. The number of carbonyl (C=O) groups is 1. The van der Waals surface area contributed by atoms with Gasteiger partial charge in [-0.2, -0.15) is 0 Å². The molecule has 0 bridgehead atoms. The van der Waals surface area contributed by atoms with E-state index in [9.17, 15) is 0 Å². The minimum atomic E-state index is -0.250. The highest BCUT2D eigenvalue weighted by molar-refractivity contribution is 5.39. The van der Waals surface area contributed by atoms with Crippen molar-refractivity contribution in [2.75, 3.05) is 5.73 Å². The van der Waals surface area contributed by atoms with Crippen LogP contribution in [-0.2, 0) is 11.2 Å². The zero-order valence-corrected chi connectivity index (χ0v) is 8.94. The van der Waals surface area contributed by atoms with E-state index in [-0.39, 0.29) is 6.47 Å². The summed E-state index contributed by atoms with van der Waals surface area (Å²) in [7, 11) is 0. The fourth-order valence-electron chi connectivity index (χ4n) is 0.753. The molecule has 3 N–H and O–H groups in total. The average Bonchev–Trinajstić information content (AvgIpc) is 2.21. The second-order valence-corrected chi connectivity index (χ2v) is 2.45. The van der Waals surface area contributed by atoms with Crippen LogP contribution in [0.4, 0.5) is 5.69 Å². The van der Waals surface area contributed by atoms with E-state index in [0.717, 1.165) is 12.1 Å². The Morgan fingerprint density at radius 2 is 1.73 bits per heavy atom. The predicted molar refractivity (Wildman–Crippen MR) is 63.7 cm³/mol. The van der Waals surface area contributed by atoms with Gasteiger partial charge in [0, 0.05) is 5.69 Å².